The molecule has 0 spiro atoms. The zero-order valence-corrected chi connectivity index (χ0v) is 16.5. The van der Waals surface area contributed by atoms with Crippen LogP contribution in [0.25, 0.3) is 0 Å². The molecule has 0 aliphatic rings. The van der Waals surface area contributed by atoms with Gasteiger partial charge in [0.15, 0.2) is 11.6 Å². The minimum absolute atomic E-state index is 0.000169. The fourth-order valence-corrected chi connectivity index (χ4v) is 3.84. The summed E-state index contributed by atoms with van der Waals surface area (Å²) in [6.07, 6.45) is 1.11. The topological polar surface area (TPSA) is 66.5 Å². The van der Waals surface area contributed by atoms with Crippen LogP contribution in [0.5, 0.6) is 0 Å². The van der Waals surface area contributed by atoms with Crippen molar-refractivity contribution in [2.75, 3.05) is 22.4 Å². The molecule has 10 heteroatoms. The Morgan fingerprint density at radius 1 is 1.07 bits per heavy atom. The lowest BCUT2D eigenvalue weighted by Crippen LogP contribution is -2.31. The molecule has 0 aliphatic heterocycles. The predicted molar refractivity (Wildman–Crippen MR) is 103 cm³/mol. The maximum Gasteiger partial charge on any atom is 0.232 e. The van der Waals surface area contributed by atoms with Crippen LogP contribution >= 0.6 is 23.2 Å². The van der Waals surface area contributed by atoms with E-state index in [2.05, 4.69) is 5.32 Å². The first-order chi connectivity index (χ1) is 12.6. The van der Waals surface area contributed by atoms with E-state index in [0.29, 0.717) is 15.7 Å². The van der Waals surface area contributed by atoms with Crippen molar-refractivity contribution >= 4 is 50.5 Å². The molecule has 0 saturated carbocycles. The second-order valence-electron chi connectivity index (χ2n) is 5.74. The second-order valence-corrected chi connectivity index (χ2v) is 8.52. The van der Waals surface area contributed by atoms with Crippen LogP contribution in [0.2, 0.25) is 10.0 Å². The number of carbonyl (C=O) groups excluding carboxylic acids is 1. The molecule has 1 N–H and O–H groups in total. The third-order valence-corrected chi connectivity index (χ3v) is 5.13. The van der Waals surface area contributed by atoms with Gasteiger partial charge < -0.3 is 5.32 Å². The maximum absolute atomic E-state index is 13.4. The lowest BCUT2D eigenvalue weighted by Gasteiger charge is -2.22. The normalized spacial score (nSPS) is 11.3. The van der Waals surface area contributed by atoms with Gasteiger partial charge in [0.2, 0.25) is 15.9 Å². The van der Waals surface area contributed by atoms with Gasteiger partial charge in [0.25, 0.3) is 0 Å². The zero-order chi connectivity index (χ0) is 20.2. The van der Waals surface area contributed by atoms with Gasteiger partial charge in [-0.05, 0) is 36.8 Å². The number of halogens is 4. The minimum atomic E-state index is -3.74. The first-order valence-corrected chi connectivity index (χ1v) is 10.4. The van der Waals surface area contributed by atoms with Crippen molar-refractivity contribution in [3.05, 3.63) is 58.1 Å². The van der Waals surface area contributed by atoms with E-state index >= 15 is 0 Å². The summed E-state index contributed by atoms with van der Waals surface area (Å²) in [5, 5.41) is 3.33. The van der Waals surface area contributed by atoms with Gasteiger partial charge in [-0.25, -0.2) is 17.2 Å². The molecule has 2 aromatic carbocycles. The average Bonchev–Trinajstić information content (AvgIpc) is 2.52. The summed E-state index contributed by atoms with van der Waals surface area (Å²) >= 11 is 11.7. The third kappa shape index (κ3) is 6.34. The fourth-order valence-electron chi connectivity index (χ4n) is 2.36. The summed E-state index contributed by atoms with van der Waals surface area (Å²) in [7, 11) is -3.74. The Kier molecular flexibility index (Phi) is 7.02. The number of anilines is 2. The van der Waals surface area contributed by atoms with E-state index in [4.69, 9.17) is 23.2 Å². The van der Waals surface area contributed by atoms with Gasteiger partial charge in [0.1, 0.15) is 0 Å². The van der Waals surface area contributed by atoms with E-state index in [1.165, 1.54) is 18.2 Å². The van der Waals surface area contributed by atoms with Crippen LogP contribution in [0, 0.1) is 11.6 Å². The molecule has 0 heterocycles. The van der Waals surface area contributed by atoms with E-state index in [9.17, 15) is 22.0 Å². The van der Waals surface area contributed by atoms with Gasteiger partial charge >= 0.3 is 0 Å². The highest BCUT2D eigenvalue weighted by molar-refractivity contribution is 7.92. The highest BCUT2D eigenvalue weighted by Crippen LogP contribution is 2.23. The highest BCUT2D eigenvalue weighted by Gasteiger charge is 2.19. The molecule has 146 valence electrons. The summed E-state index contributed by atoms with van der Waals surface area (Å²) in [4.78, 5) is 12.0. The van der Waals surface area contributed by atoms with Crippen molar-refractivity contribution in [2.24, 2.45) is 0 Å². The molecule has 0 aliphatic carbocycles. The number of amides is 1. The van der Waals surface area contributed by atoms with E-state index < -0.39 is 21.7 Å². The first-order valence-electron chi connectivity index (χ1n) is 7.75. The lowest BCUT2D eigenvalue weighted by atomic mass is 10.2. The van der Waals surface area contributed by atoms with Crippen molar-refractivity contribution < 1.29 is 22.0 Å². The number of carbonyl (C=O) groups is 1. The quantitative estimate of drug-likeness (QED) is 0.696. The second kappa shape index (κ2) is 8.86. The molecule has 2 rings (SSSR count). The molecule has 5 nitrogen and oxygen atoms in total. The Balaban J connectivity index is 2.01. The van der Waals surface area contributed by atoms with Crippen LogP contribution in [0.3, 0.4) is 0 Å². The molecule has 0 fully saturated rings. The number of hydrogen-bond donors (Lipinski definition) is 1. The number of nitrogens with zero attached hydrogens (tertiary/aromatic N) is 1. The van der Waals surface area contributed by atoms with E-state index in [1.807, 2.05) is 0 Å². The van der Waals surface area contributed by atoms with Crippen molar-refractivity contribution in [2.45, 2.75) is 12.8 Å². The number of hydrogen-bond acceptors (Lipinski definition) is 3. The molecule has 27 heavy (non-hydrogen) atoms. The van der Waals surface area contributed by atoms with E-state index in [0.717, 1.165) is 28.8 Å². The Hall–Kier alpha value is -1.90. The number of sulfonamides is 1. The smallest absolute Gasteiger partial charge is 0.232 e. The SMILES string of the molecule is CS(=O)(=O)N(CCCC(=O)Nc1cc(Cl)cc(Cl)c1)c1ccc(F)c(F)c1. The van der Waals surface area contributed by atoms with Crippen LogP contribution in [0.15, 0.2) is 36.4 Å². The molecule has 1 amide bonds. The number of rotatable bonds is 7. The molecular weight excluding hydrogens is 421 g/mol. The summed E-state index contributed by atoms with van der Waals surface area (Å²) in [6, 6.07) is 7.37. The van der Waals surface area contributed by atoms with Crippen molar-refractivity contribution in [1.82, 2.24) is 0 Å². The van der Waals surface area contributed by atoms with Crippen LogP contribution in [-0.2, 0) is 14.8 Å². The highest BCUT2D eigenvalue weighted by atomic mass is 35.5. The number of nitrogens with one attached hydrogen (secondary N) is 1. The fraction of sp³-hybridized carbons (Fsp3) is 0.235. The summed E-state index contributed by atoms with van der Waals surface area (Å²) in [5.74, 6) is -2.60. The van der Waals surface area contributed by atoms with Crippen LogP contribution < -0.4 is 9.62 Å². The Morgan fingerprint density at radius 2 is 1.70 bits per heavy atom. The molecule has 0 bridgehead atoms. The van der Waals surface area contributed by atoms with Gasteiger partial charge in [0.05, 0.1) is 11.9 Å². The largest absolute Gasteiger partial charge is 0.326 e. The van der Waals surface area contributed by atoms with Gasteiger partial charge in [-0.3, -0.25) is 9.10 Å². The lowest BCUT2D eigenvalue weighted by molar-refractivity contribution is -0.116. The third-order valence-electron chi connectivity index (χ3n) is 3.50. The molecule has 0 unspecified atom stereocenters. The predicted octanol–water partition coefficient (Wildman–Crippen LogP) is 4.46. The Bertz CT molecular complexity index is 935. The summed E-state index contributed by atoms with van der Waals surface area (Å²) in [5.41, 5.74) is 0.400. The van der Waals surface area contributed by atoms with Crippen molar-refractivity contribution in [1.29, 1.82) is 0 Å². The van der Waals surface area contributed by atoms with Gasteiger partial charge in [-0.1, -0.05) is 23.2 Å². The zero-order valence-electron chi connectivity index (χ0n) is 14.2. The van der Waals surface area contributed by atoms with Crippen LogP contribution in [0.4, 0.5) is 20.2 Å². The van der Waals surface area contributed by atoms with Gasteiger partial charge in [0, 0.05) is 34.8 Å². The minimum Gasteiger partial charge on any atom is -0.326 e. The first kappa shape index (κ1) is 21.4. The molecule has 0 aromatic heterocycles. The standard InChI is InChI=1S/C17H16Cl2F2N2O3S/c1-27(25,26)23(14-4-5-15(20)16(21)10-14)6-2-3-17(24)22-13-8-11(18)7-12(19)9-13/h4-5,7-10H,2-3,6H2,1H3,(H,22,24). The van der Waals surface area contributed by atoms with E-state index in [1.54, 1.807) is 0 Å². The van der Waals surface area contributed by atoms with Gasteiger partial charge in [-0.15, -0.1) is 0 Å². The number of benzene rings is 2. The Morgan fingerprint density at radius 3 is 2.26 bits per heavy atom. The van der Waals surface area contributed by atoms with Gasteiger partial charge in [-0.2, -0.15) is 0 Å². The molecule has 0 saturated heterocycles. The van der Waals surface area contributed by atoms with Crippen molar-refractivity contribution in [3.63, 3.8) is 0 Å². The van der Waals surface area contributed by atoms with Crippen molar-refractivity contribution in [3.8, 4) is 0 Å². The van der Waals surface area contributed by atoms with Crippen LogP contribution in [0.1, 0.15) is 12.8 Å². The average molecular weight is 437 g/mol. The van der Waals surface area contributed by atoms with Crippen LogP contribution in [-0.4, -0.2) is 27.1 Å². The molecule has 0 atom stereocenters. The van der Waals surface area contributed by atoms with E-state index in [-0.39, 0.29) is 31.0 Å². The Labute approximate surface area is 165 Å². The monoisotopic (exact) mass is 436 g/mol. The molecule has 0 radical (unpaired) electrons. The molecular formula is C17H16Cl2F2N2O3S. The maximum atomic E-state index is 13.4. The summed E-state index contributed by atoms with van der Waals surface area (Å²) in [6.45, 7) is -0.0758. The molecule has 2 aromatic rings. The summed E-state index contributed by atoms with van der Waals surface area (Å²) < 4.78 is 51.3.